The van der Waals surface area contributed by atoms with Crippen molar-refractivity contribution in [2.24, 2.45) is 11.3 Å². The second-order valence-corrected chi connectivity index (χ2v) is 9.84. The normalized spacial score (nSPS) is 20.9. The first-order valence-electron chi connectivity index (χ1n) is 12.0. The van der Waals surface area contributed by atoms with Crippen molar-refractivity contribution >= 4 is 23.6 Å². The number of aliphatic carboxylic acids is 2. The topological polar surface area (TPSA) is 112 Å². The fourth-order valence-electron chi connectivity index (χ4n) is 4.80. The number of benzene rings is 1. The van der Waals surface area contributed by atoms with Gasteiger partial charge in [-0.05, 0) is 39.0 Å². The van der Waals surface area contributed by atoms with Gasteiger partial charge >= 0.3 is 11.9 Å². The molecular formula is C27H31F2NO6. The van der Waals surface area contributed by atoms with Crippen LogP contribution in [-0.2, 0) is 20.3 Å². The first-order chi connectivity index (χ1) is 16.8. The zero-order valence-corrected chi connectivity index (χ0v) is 20.4. The lowest BCUT2D eigenvalue weighted by Gasteiger charge is -2.32. The minimum Gasteiger partial charge on any atom is -0.481 e. The SMILES string of the molecule is CC1(C(=O)O)CC(C(=O)O)=CC=C1CCCC(=O)N1CCC(C(=O)c2ccc(C(C)(F)F)cc2)CC1. The summed E-state index contributed by atoms with van der Waals surface area (Å²) in [7, 11) is 0. The number of likely N-dealkylation sites (tertiary alicyclic amines) is 1. The van der Waals surface area contributed by atoms with Crippen LogP contribution in [0.15, 0.2) is 47.6 Å². The summed E-state index contributed by atoms with van der Waals surface area (Å²) in [4.78, 5) is 50.3. The third kappa shape index (κ3) is 6.06. The number of carbonyl (C=O) groups excluding carboxylic acids is 2. The fourth-order valence-corrected chi connectivity index (χ4v) is 4.80. The lowest BCUT2D eigenvalue weighted by atomic mass is 9.72. The number of piperidine rings is 1. The number of nitrogens with zero attached hydrogens (tertiary/aromatic N) is 1. The van der Waals surface area contributed by atoms with E-state index in [1.807, 2.05) is 0 Å². The summed E-state index contributed by atoms with van der Waals surface area (Å²) in [6.07, 6.45) is 4.83. The highest BCUT2D eigenvalue weighted by Crippen LogP contribution is 2.40. The second kappa shape index (κ2) is 10.7. The number of alkyl halides is 2. The Hall–Kier alpha value is -3.36. The first kappa shape index (κ1) is 27.2. The average Bonchev–Trinajstić information content (AvgIpc) is 2.84. The summed E-state index contributed by atoms with van der Waals surface area (Å²) in [5, 5.41) is 18.9. The van der Waals surface area contributed by atoms with Crippen LogP contribution in [0.4, 0.5) is 8.78 Å². The van der Waals surface area contributed by atoms with Gasteiger partial charge in [-0.25, -0.2) is 13.6 Å². The molecule has 7 nitrogen and oxygen atoms in total. The van der Waals surface area contributed by atoms with Crippen LogP contribution in [0.3, 0.4) is 0 Å². The number of carboxylic acid groups (broad SMARTS) is 2. The van der Waals surface area contributed by atoms with Gasteiger partial charge in [-0.15, -0.1) is 0 Å². The van der Waals surface area contributed by atoms with Gasteiger partial charge < -0.3 is 15.1 Å². The van der Waals surface area contributed by atoms with Crippen molar-refractivity contribution in [3.05, 3.63) is 58.7 Å². The van der Waals surface area contributed by atoms with E-state index in [0.29, 0.717) is 49.9 Å². The van der Waals surface area contributed by atoms with Crippen molar-refractivity contribution in [3.8, 4) is 0 Å². The predicted octanol–water partition coefficient (Wildman–Crippen LogP) is 4.82. The summed E-state index contributed by atoms with van der Waals surface area (Å²) in [6, 6.07) is 5.38. The van der Waals surface area contributed by atoms with Crippen LogP contribution in [0.25, 0.3) is 0 Å². The second-order valence-electron chi connectivity index (χ2n) is 9.84. The maximum atomic E-state index is 13.4. The zero-order valence-electron chi connectivity index (χ0n) is 20.4. The Balaban J connectivity index is 1.50. The Bertz CT molecular complexity index is 1090. The highest BCUT2D eigenvalue weighted by molar-refractivity contribution is 5.98. The number of halogens is 2. The lowest BCUT2D eigenvalue weighted by Crippen LogP contribution is -2.40. The third-order valence-electron chi connectivity index (χ3n) is 7.22. The lowest BCUT2D eigenvalue weighted by molar-refractivity contribution is -0.146. The molecule has 1 aromatic rings. The molecule has 1 atom stereocenters. The van der Waals surface area contributed by atoms with E-state index in [1.165, 1.54) is 43.3 Å². The Morgan fingerprint density at radius 1 is 1.06 bits per heavy atom. The molecule has 1 saturated heterocycles. The molecule has 1 aliphatic heterocycles. The molecule has 3 rings (SSSR count). The smallest absolute Gasteiger partial charge is 0.331 e. The van der Waals surface area contributed by atoms with Crippen molar-refractivity contribution < 1.29 is 38.2 Å². The van der Waals surface area contributed by atoms with Gasteiger partial charge in [-0.2, -0.15) is 0 Å². The molecule has 0 spiro atoms. The molecule has 36 heavy (non-hydrogen) atoms. The molecule has 194 valence electrons. The minimum atomic E-state index is -2.97. The number of Topliss-reactive ketones (excluding diaryl/α,β-unsaturated/α-hetero) is 1. The molecule has 1 aliphatic carbocycles. The van der Waals surface area contributed by atoms with Gasteiger partial charge in [0, 0.05) is 49.1 Å². The standard InChI is InChI=1S/C27H31F2NO6/c1-26(25(35)36)16-19(24(33)34)8-9-20(26)4-3-5-22(31)30-14-12-18(13-15-30)23(32)17-6-10-21(11-7-17)27(2,28)29/h6-11,18H,3-5,12-16H2,1-2H3,(H,33,34)(H,35,36). The number of carbonyl (C=O) groups is 4. The summed E-state index contributed by atoms with van der Waals surface area (Å²) >= 11 is 0. The fraction of sp³-hybridized carbons (Fsp3) is 0.481. The summed E-state index contributed by atoms with van der Waals surface area (Å²) in [5.41, 5.74) is -0.462. The van der Waals surface area contributed by atoms with Crippen LogP contribution in [0.1, 0.15) is 68.3 Å². The molecule has 1 heterocycles. The van der Waals surface area contributed by atoms with Gasteiger partial charge in [0.1, 0.15) is 0 Å². The molecule has 1 amide bonds. The number of allylic oxidation sites excluding steroid dienone is 2. The first-order valence-corrected chi connectivity index (χ1v) is 12.0. The van der Waals surface area contributed by atoms with Crippen LogP contribution in [0.5, 0.6) is 0 Å². The molecule has 1 aromatic carbocycles. The maximum Gasteiger partial charge on any atom is 0.331 e. The number of hydrogen-bond acceptors (Lipinski definition) is 4. The van der Waals surface area contributed by atoms with E-state index in [0.717, 1.165) is 6.92 Å². The van der Waals surface area contributed by atoms with E-state index in [2.05, 4.69) is 0 Å². The van der Waals surface area contributed by atoms with Gasteiger partial charge in [0.05, 0.1) is 5.41 Å². The highest BCUT2D eigenvalue weighted by Gasteiger charge is 2.40. The Labute approximate surface area is 208 Å². The van der Waals surface area contributed by atoms with Crippen molar-refractivity contribution in [1.82, 2.24) is 4.90 Å². The van der Waals surface area contributed by atoms with Crippen molar-refractivity contribution in [2.45, 2.75) is 58.3 Å². The predicted molar refractivity (Wildman–Crippen MR) is 128 cm³/mol. The Kier molecular flexibility index (Phi) is 8.11. The average molecular weight is 504 g/mol. The van der Waals surface area contributed by atoms with Crippen molar-refractivity contribution in [1.29, 1.82) is 0 Å². The zero-order chi connectivity index (χ0) is 26.7. The largest absolute Gasteiger partial charge is 0.481 e. The summed E-state index contributed by atoms with van der Waals surface area (Å²) in [6.45, 7) is 3.14. The van der Waals surface area contributed by atoms with Crippen LogP contribution < -0.4 is 0 Å². The molecule has 2 N–H and O–H groups in total. The third-order valence-corrected chi connectivity index (χ3v) is 7.22. The van der Waals surface area contributed by atoms with Gasteiger partial charge in [0.2, 0.25) is 5.91 Å². The van der Waals surface area contributed by atoms with Crippen LogP contribution in [0.2, 0.25) is 0 Å². The molecule has 0 bridgehead atoms. The van der Waals surface area contributed by atoms with Crippen molar-refractivity contribution in [3.63, 3.8) is 0 Å². The minimum absolute atomic E-state index is 0.0383. The number of amides is 1. The molecule has 0 radical (unpaired) electrons. The molecule has 9 heteroatoms. The van der Waals surface area contributed by atoms with Crippen LogP contribution >= 0.6 is 0 Å². The number of carboxylic acids is 2. The number of hydrogen-bond donors (Lipinski definition) is 2. The van der Waals surface area contributed by atoms with Gasteiger partial charge in [0.25, 0.3) is 5.92 Å². The van der Waals surface area contributed by atoms with Crippen LogP contribution in [0, 0.1) is 11.3 Å². The van der Waals surface area contributed by atoms with E-state index in [1.54, 1.807) is 4.90 Å². The maximum absolute atomic E-state index is 13.4. The van der Waals surface area contributed by atoms with Gasteiger partial charge in [-0.3, -0.25) is 14.4 Å². The number of ketones is 1. The Morgan fingerprint density at radius 3 is 2.19 bits per heavy atom. The molecular weight excluding hydrogens is 472 g/mol. The quantitative estimate of drug-likeness (QED) is 0.467. The highest BCUT2D eigenvalue weighted by atomic mass is 19.3. The Morgan fingerprint density at radius 2 is 1.67 bits per heavy atom. The molecule has 2 aliphatic rings. The monoisotopic (exact) mass is 503 g/mol. The van der Waals surface area contributed by atoms with E-state index < -0.39 is 23.3 Å². The van der Waals surface area contributed by atoms with E-state index in [4.69, 9.17) is 0 Å². The van der Waals surface area contributed by atoms with E-state index in [9.17, 15) is 38.2 Å². The molecule has 0 saturated carbocycles. The summed E-state index contributed by atoms with van der Waals surface area (Å²) < 4.78 is 26.8. The summed E-state index contributed by atoms with van der Waals surface area (Å²) in [5.74, 6) is -5.68. The molecule has 0 aromatic heterocycles. The van der Waals surface area contributed by atoms with Gasteiger partial charge in [-0.1, -0.05) is 42.0 Å². The van der Waals surface area contributed by atoms with E-state index in [-0.39, 0.29) is 41.6 Å². The van der Waals surface area contributed by atoms with Gasteiger partial charge in [0.15, 0.2) is 5.78 Å². The van der Waals surface area contributed by atoms with Crippen LogP contribution in [-0.4, -0.2) is 51.8 Å². The molecule has 1 fully saturated rings. The van der Waals surface area contributed by atoms with E-state index >= 15 is 0 Å². The number of rotatable bonds is 9. The van der Waals surface area contributed by atoms with Crippen molar-refractivity contribution in [2.75, 3.05) is 13.1 Å². The molecule has 1 unspecified atom stereocenters.